The highest BCUT2D eigenvalue weighted by Crippen LogP contribution is 2.24. The molecule has 1 aromatic heterocycles. The topological polar surface area (TPSA) is 51.2 Å². The lowest BCUT2D eigenvalue weighted by atomic mass is 9.97. The van der Waals surface area contributed by atoms with Gasteiger partial charge in [-0.2, -0.15) is 0 Å². The first kappa shape index (κ1) is 13.6. The van der Waals surface area contributed by atoms with Crippen LogP contribution in [0.4, 0.5) is 5.69 Å². The third-order valence-corrected chi connectivity index (χ3v) is 3.59. The average molecular weight is 282 g/mol. The molecule has 0 atom stereocenters. The Labute approximate surface area is 124 Å². The average Bonchev–Trinajstić information content (AvgIpc) is 2.54. The van der Waals surface area contributed by atoms with Gasteiger partial charge in [-0.1, -0.05) is 0 Å². The van der Waals surface area contributed by atoms with Gasteiger partial charge in [-0.05, 0) is 49.6 Å². The maximum atomic E-state index is 12.6. The number of benzene rings is 1. The summed E-state index contributed by atoms with van der Waals surface area (Å²) in [7, 11) is 0. The maximum absolute atomic E-state index is 12.6. The standard InChI is InChI=1S/C17H18N2O2/c1-2-21-15-9-14(10-18-11-15)17(20)13-5-6-16-12(8-13)4-3-7-19-16/h5-6,8-11,19H,2-4,7H2,1H3. The second-order valence-electron chi connectivity index (χ2n) is 5.07. The van der Waals surface area contributed by atoms with Gasteiger partial charge >= 0.3 is 0 Å². The van der Waals surface area contributed by atoms with Gasteiger partial charge in [-0.15, -0.1) is 0 Å². The van der Waals surface area contributed by atoms with Crippen LogP contribution in [0.3, 0.4) is 0 Å². The van der Waals surface area contributed by atoms with Crippen molar-refractivity contribution in [3.8, 4) is 5.75 Å². The Bertz CT molecular complexity index is 668. The van der Waals surface area contributed by atoms with Gasteiger partial charge in [0.25, 0.3) is 0 Å². The smallest absolute Gasteiger partial charge is 0.194 e. The quantitative estimate of drug-likeness (QED) is 0.876. The van der Waals surface area contributed by atoms with Crippen molar-refractivity contribution < 1.29 is 9.53 Å². The molecule has 0 fully saturated rings. The molecule has 4 heteroatoms. The number of aryl methyl sites for hydroxylation is 1. The predicted molar refractivity (Wildman–Crippen MR) is 82.1 cm³/mol. The van der Waals surface area contributed by atoms with Crippen LogP contribution in [0.5, 0.6) is 5.75 Å². The van der Waals surface area contributed by atoms with Crippen molar-refractivity contribution in [2.45, 2.75) is 19.8 Å². The van der Waals surface area contributed by atoms with Crippen LogP contribution in [-0.4, -0.2) is 23.9 Å². The molecule has 0 bridgehead atoms. The zero-order chi connectivity index (χ0) is 14.7. The molecule has 0 saturated heterocycles. The van der Waals surface area contributed by atoms with Crippen LogP contribution in [0.15, 0.2) is 36.7 Å². The molecule has 0 amide bonds. The van der Waals surface area contributed by atoms with E-state index in [4.69, 9.17) is 4.74 Å². The number of carbonyl (C=O) groups excluding carboxylic acids is 1. The van der Waals surface area contributed by atoms with Crippen molar-refractivity contribution in [2.75, 3.05) is 18.5 Å². The summed E-state index contributed by atoms with van der Waals surface area (Å²) in [5, 5.41) is 3.35. The fourth-order valence-corrected chi connectivity index (χ4v) is 2.57. The Kier molecular flexibility index (Phi) is 3.86. The second-order valence-corrected chi connectivity index (χ2v) is 5.07. The number of aromatic nitrogens is 1. The van der Waals surface area contributed by atoms with Gasteiger partial charge in [0, 0.05) is 29.6 Å². The molecule has 0 aliphatic carbocycles. The zero-order valence-corrected chi connectivity index (χ0v) is 12.1. The van der Waals surface area contributed by atoms with Gasteiger partial charge in [-0.25, -0.2) is 0 Å². The van der Waals surface area contributed by atoms with Crippen LogP contribution in [0, 0.1) is 0 Å². The van der Waals surface area contributed by atoms with Crippen LogP contribution in [-0.2, 0) is 6.42 Å². The number of anilines is 1. The van der Waals surface area contributed by atoms with Crippen molar-refractivity contribution in [1.82, 2.24) is 4.98 Å². The Morgan fingerprint density at radius 3 is 3.05 bits per heavy atom. The molecule has 3 rings (SSSR count). The number of hydrogen-bond acceptors (Lipinski definition) is 4. The summed E-state index contributed by atoms with van der Waals surface area (Å²) in [6.07, 6.45) is 5.33. The SMILES string of the molecule is CCOc1cncc(C(=O)c2ccc3c(c2)CCCN3)c1. The van der Waals surface area contributed by atoms with E-state index in [1.54, 1.807) is 18.5 Å². The summed E-state index contributed by atoms with van der Waals surface area (Å²) in [4.78, 5) is 16.7. The summed E-state index contributed by atoms with van der Waals surface area (Å²) in [5.41, 5.74) is 3.61. The lowest BCUT2D eigenvalue weighted by Crippen LogP contribution is -2.13. The van der Waals surface area contributed by atoms with E-state index in [1.165, 1.54) is 5.56 Å². The van der Waals surface area contributed by atoms with Crippen LogP contribution >= 0.6 is 0 Å². The number of pyridine rings is 1. The molecule has 108 valence electrons. The number of ketones is 1. The van der Waals surface area contributed by atoms with E-state index in [-0.39, 0.29) is 5.78 Å². The van der Waals surface area contributed by atoms with Gasteiger partial charge in [0.15, 0.2) is 5.78 Å². The third-order valence-electron chi connectivity index (χ3n) is 3.59. The third kappa shape index (κ3) is 2.89. The highest BCUT2D eigenvalue weighted by Gasteiger charge is 2.14. The highest BCUT2D eigenvalue weighted by atomic mass is 16.5. The molecular formula is C17H18N2O2. The largest absolute Gasteiger partial charge is 0.492 e. The molecule has 0 spiro atoms. The van der Waals surface area contributed by atoms with Gasteiger partial charge in [0.2, 0.25) is 0 Å². The molecule has 0 radical (unpaired) electrons. The normalized spacial score (nSPS) is 13.2. The van der Waals surface area contributed by atoms with E-state index in [0.29, 0.717) is 23.5 Å². The van der Waals surface area contributed by atoms with Crippen LogP contribution in [0.25, 0.3) is 0 Å². The Morgan fingerprint density at radius 1 is 1.29 bits per heavy atom. The summed E-state index contributed by atoms with van der Waals surface area (Å²) in [6, 6.07) is 7.59. The van der Waals surface area contributed by atoms with E-state index in [0.717, 1.165) is 25.1 Å². The molecule has 2 heterocycles. The molecule has 1 aliphatic heterocycles. The molecular weight excluding hydrogens is 264 g/mol. The minimum atomic E-state index is -0.0163. The summed E-state index contributed by atoms with van der Waals surface area (Å²) in [6.45, 7) is 3.47. The van der Waals surface area contributed by atoms with E-state index in [9.17, 15) is 4.79 Å². The number of rotatable bonds is 4. The maximum Gasteiger partial charge on any atom is 0.194 e. The van der Waals surface area contributed by atoms with Gasteiger partial charge < -0.3 is 10.1 Å². The number of carbonyl (C=O) groups is 1. The number of fused-ring (bicyclic) bond motifs is 1. The van der Waals surface area contributed by atoms with Crippen molar-refractivity contribution in [3.05, 3.63) is 53.3 Å². The molecule has 0 saturated carbocycles. The summed E-state index contributed by atoms with van der Waals surface area (Å²) < 4.78 is 5.40. The number of hydrogen-bond donors (Lipinski definition) is 1. The first-order valence-corrected chi connectivity index (χ1v) is 7.27. The van der Waals surface area contributed by atoms with Gasteiger partial charge in [0.1, 0.15) is 5.75 Å². The Balaban J connectivity index is 1.89. The van der Waals surface area contributed by atoms with Gasteiger partial charge in [0.05, 0.1) is 12.8 Å². The second kappa shape index (κ2) is 5.95. The predicted octanol–water partition coefficient (Wildman–Crippen LogP) is 3.07. The number of ether oxygens (including phenoxy) is 1. The zero-order valence-electron chi connectivity index (χ0n) is 12.1. The van der Waals surface area contributed by atoms with E-state index in [2.05, 4.69) is 10.3 Å². The van der Waals surface area contributed by atoms with Crippen LogP contribution < -0.4 is 10.1 Å². The number of nitrogens with one attached hydrogen (secondary N) is 1. The Morgan fingerprint density at radius 2 is 2.19 bits per heavy atom. The first-order valence-electron chi connectivity index (χ1n) is 7.27. The van der Waals surface area contributed by atoms with Crippen molar-refractivity contribution in [2.24, 2.45) is 0 Å². The lowest BCUT2D eigenvalue weighted by Gasteiger charge is -2.18. The molecule has 2 aromatic rings. The molecule has 4 nitrogen and oxygen atoms in total. The van der Waals surface area contributed by atoms with Gasteiger partial charge in [-0.3, -0.25) is 9.78 Å². The number of nitrogens with zero attached hydrogens (tertiary/aromatic N) is 1. The summed E-state index contributed by atoms with van der Waals surface area (Å²) >= 11 is 0. The highest BCUT2D eigenvalue weighted by molar-refractivity contribution is 6.09. The minimum Gasteiger partial charge on any atom is -0.492 e. The molecule has 1 aromatic carbocycles. The first-order chi connectivity index (χ1) is 10.3. The van der Waals surface area contributed by atoms with Crippen molar-refractivity contribution >= 4 is 11.5 Å². The molecule has 1 N–H and O–H groups in total. The molecule has 21 heavy (non-hydrogen) atoms. The van der Waals surface area contributed by atoms with Crippen LogP contribution in [0.1, 0.15) is 34.8 Å². The van der Waals surface area contributed by atoms with Crippen molar-refractivity contribution in [1.29, 1.82) is 0 Å². The van der Waals surface area contributed by atoms with E-state index >= 15 is 0 Å². The minimum absolute atomic E-state index is 0.0163. The van der Waals surface area contributed by atoms with E-state index in [1.807, 2.05) is 25.1 Å². The summed E-state index contributed by atoms with van der Waals surface area (Å²) in [5.74, 6) is 0.611. The van der Waals surface area contributed by atoms with Crippen molar-refractivity contribution in [3.63, 3.8) is 0 Å². The molecule has 1 aliphatic rings. The van der Waals surface area contributed by atoms with Crippen LogP contribution in [0.2, 0.25) is 0 Å². The fourth-order valence-electron chi connectivity index (χ4n) is 2.57. The lowest BCUT2D eigenvalue weighted by molar-refractivity contribution is 0.103. The fraction of sp³-hybridized carbons (Fsp3) is 0.294. The Hall–Kier alpha value is -2.36. The monoisotopic (exact) mass is 282 g/mol. The van der Waals surface area contributed by atoms with E-state index < -0.39 is 0 Å². The molecule has 0 unspecified atom stereocenters.